The Balaban J connectivity index is 2.83. The molecule has 0 aliphatic rings. The molecule has 0 spiro atoms. The number of likely N-dealkylation sites (N-methyl/N-ethyl adjacent to an activating group) is 1. The predicted octanol–water partition coefficient (Wildman–Crippen LogP) is 2.51. The number of benzene rings is 1. The zero-order valence-corrected chi connectivity index (χ0v) is 13.1. The van der Waals surface area contributed by atoms with E-state index in [9.17, 15) is 8.42 Å². The van der Waals surface area contributed by atoms with E-state index in [0.717, 1.165) is 6.54 Å². The quantitative estimate of drug-likeness (QED) is 0.836. The van der Waals surface area contributed by atoms with E-state index in [4.69, 9.17) is 0 Å². The molecular formula is C15H25NO2S. The summed E-state index contributed by atoms with van der Waals surface area (Å²) >= 11 is 0. The Kier molecular flexibility index (Phi) is 6.01. The Morgan fingerprint density at radius 1 is 1.21 bits per heavy atom. The maximum absolute atomic E-state index is 11.9. The van der Waals surface area contributed by atoms with Gasteiger partial charge in [0.25, 0.3) is 0 Å². The molecule has 0 aliphatic carbocycles. The highest BCUT2D eigenvalue weighted by molar-refractivity contribution is 7.91. The number of hydrogen-bond acceptors (Lipinski definition) is 3. The van der Waals surface area contributed by atoms with Gasteiger partial charge < -0.3 is 5.32 Å². The number of aryl methyl sites for hydroxylation is 1. The van der Waals surface area contributed by atoms with Crippen LogP contribution in [0.25, 0.3) is 0 Å². The van der Waals surface area contributed by atoms with E-state index in [0.29, 0.717) is 6.42 Å². The lowest BCUT2D eigenvalue weighted by Gasteiger charge is -2.19. The van der Waals surface area contributed by atoms with Crippen LogP contribution in [-0.4, -0.2) is 33.0 Å². The summed E-state index contributed by atoms with van der Waals surface area (Å²) in [6.45, 7) is 6.37. The van der Waals surface area contributed by atoms with Crippen LogP contribution in [0.15, 0.2) is 24.3 Å². The lowest BCUT2D eigenvalue weighted by atomic mass is 9.92. The molecular weight excluding hydrogens is 258 g/mol. The minimum absolute atomic E-state index is 0.250. The van der Waals surface area contributed by atoms with Crippen LogP contribution < -0.4 is 5.32 Å². The smallest absolute Gasteiger partial charge is 0.152 e. The third-order valence-electron chi connectivity index (χ3n) is 3.55. The van der Waals surface area contributed by atoms with Crippen LogP contribution in [0.3, 0.4) is 0 Å². The Labute approximate surface area is 117 Å². The van der Waals surface area contributed by atoms with Crippen LogP contribution >= 0.6 is 0 Å². The number of hydrogen-bond donors (Lipinski definition) is 1. The molecule has 19 heavy (non-hydrogen) atoms. The van der Waals surface area contributed by atoms with Crippen LogP contribution in [0.4, 0.5) is 0 Å². The van der Waals surface area contributed by atoms with Gasteiger partial charge in [0.2, 0.25) is 0 Å². The second-order valence-electron chi connectivity index (χ2n) is 5.32. The molecule has 1 aromatic carbocycles. The van der Waals surface area contributed by atoms with Crippen LogP contribution in [0, 0.1) is 6.92 Å². The van der Waals surface area contributed by atoms with Gasteiger partial charge in [-0.15, -0.1) is 0 Å². The summed E-state index contributed by atoms with van der Waals surface area (Å²) in [5.41, 5.74) is 2.47. The molecule has 0 fully saturated rings. The number of nitrogens with one attached hydrogen (secondary N) is 1. The summed E-state index contributed by atoms with van der Waals surface area (Å²) in [6.07, 6.45) is 0.673. The third kappa shape index (κ3) is 4.62. The topological polar surface area (TPSA) is 46.2 Å². The average Bonchev–Trinajstić information content (AvgIpc) is 2.35. The minimum atomic E-state index is -2.96. The molecule has 3 nitrogen and oxygen atoms in total. The standard InChI is InChI=1S/C15H25NO2S/c1-12(2)19(17,18)10-9-14(11-16-4)15-8-6-5-7-13(15)3/h5-8,12,14,16H,9-11H2,1-4H3. The van der Waals surface area contributed by atoms with E-state index >= 15 is 0 Å². The van der Waals surface area contributed by atoms with Gasteiger partial charge in [0.1, 0.15) is 0 Å². The summed E-state index contributed by atoms with van der Waals surface area (Å²) in [4.78, 5) is 0. The van der Waals surface area contributed by atoms with Gasteiger partial charge in [-0.3, -0.25) is 0 Å². The molecule has 0 bridgehead atoms. The molecule has 4 heteroatoms. The zero-order chi connectivity index (χ0) is 14.5. The maximum atomic E-state index is 11.9. The summed E-state index contributed by atoms with van der Waals surface area (Å²) in [5.74, 6) is 0.505. The van der Waals surface area contributed by atoms with Gasteiger partial charge in [-0.25, -0.2) is 8.42 Å². The van der Waals surface area contributed by atoms with Crippen molar-refractivity contribution in [3.8, 4) is 0 Å². The molecule has 0 saturated heterocycles. The molecule has 0 heterocycles. The van der Waals surface area contributed by atoms with Crippen molar-refractivity contribution in [3.63, 3.8) is 0 Å². The first kappa shape index (κ1) is 16.2. The summed E-state index contributed by atoms with van der Waals surface area (Å²) < 4.78 is 23.9. The second-order valence-corrected chi connectivity index (χ2v) is 7.99. The lowest BCUT2D eigenvalue weighted by Crippen LogP contribution is -2.24. The Hall–Kier alpha value is -0.870. The van der Waals surface area contributed by atoms with E-state index in [1.54, 1.807) is 13.8 Å². The van der Waals surface area contributed by atoms with Crippen molar-refractivity contribution in [1.82, 2.24) is 5.32 Å². The maximum Gasteiger partial charge on any atom is 0.152 e. The van der Waals surface area contributed by atoms with Gasteiger partial charge in [-0.1, -0.05) is 24.3 Å². The fourth-order valence-electron chi connectivity index (χ4n) is 2.20. The van der Waals surface area contributed by atoms with Gasteiger partial charge >= 0.3 is 0 Å². The van der Waals surface area contributed by atoms with Crippen LogP contribution in [0.2, 0.25) is 0 Å². The largest absolute Gasteiger partial charge is 0.319 e. The van der Waals surface area contributed by atoms with Crippen molar-refractivity contribution in [3.05, 3.63) is 35.4 Å². The first-order valence-electron chi connectivity index (χ1n) is 6.80. The number of rotatable bonds is 7. The third-order valence-corrected chi connectivity index (χ3v) is 5.79. The summed E-state index contributed by atoms with van der Waals surface area (Å²) in [6, 6.07) is 8.20. The van der Waals surface area contributed by atoms with Gasteiger partial charge in [0.15, 0.2) is 9.84 Å². The van der Waals surface area contributed by atoms with Crippen molar-refractivity contribution in [2.75, 3.05) is 19.3 Å². The molecule has 1 atom stereocenters. The molecule has 0 radical (unpaired) electrons. The molecule has 1 rings (SSSR count). The minimum Gasteiger partial charge on any atom is -0.319 e. The average molecular weight is 283 g/mol. The fraction of sp³-hybridized carbons (Fsp3) is 0.600. The van der Waals surface area contributed by atoms with Crippen LogP contribution in [0.1, 0.15) is 37.3 Å². The van der Waals surface area contributed by atoms with Crippen LogP contribution in [-0.2, 0) is 9.84 Å². The molecule has 108 valence electrons. The SMILES string of the molecule is CNCC(CCS(=O)(=O)C(C)C)c1ccccc1C. The van der Waals surface area contributed by atoms with Crippen molar-refractivity contribution in [2.45, 2.75) is 38.4 Å². The van der Waals surface area contributed by atoms with Crippen LogP contribution in [0.5, 0.6) is 0 Å². The first-order chi connectivity index (χ1) is 8.88. The summed E-state index contributed by atoms with van der Waals surface area (Å²) in [7, 11) is -1.06. The summed E-state index contributed by atoms with van der Waals surface area (Å²) in [5, 5.41) is 2.87. The van der Waals surface area contributed by atoms with E-state index in [1.165, 1.54) is 11.1 Å². The molecule has 1 unspecified atom stereocenters. The molecule has 1 aromatic rings. The normalized spacial score (nSPS) is 13.7. The molecule has 0 aromatic heterocycles. The van der Waals surface area contributed by atoms with Crippen molar-refractivity contribution < 1.29 is 8.42 Å². The highest BCUT2D eigenvalue weighted by Crippen LogP contribution is 2.23. The monoisotopic (exact) mass is 283 g/mol. The Morgan fingerprint density at radius 3 is 2.37 bits per heavy atom. The molecule has 1 N–H and O–H groups in total. The Bertz CT molecular complexity index is 495. The van der Waals surface area contributed by atoms with E-state index in [-0.39, 0.29) is 16.9 Å². The first-order valence-corrected chi connectivity index (χ1v) is 8.51. The number of sulfone groups is 1. The molecule has 0 aliphatic heterocycles. The fourth-order valence-corrected chi connectivity index (χ4v) is 3.29. The van der Waals surface area contributed by atoms with Gasteiger partial charge in [0, 0.05) is 6.54 Å². The van der Waals surface area contributed by atoms with Crippen molar-refractivity contribution in [1.29, 1.82) is 0 Å². The Morgan fingerprint density at radius 2 is 1.84 bits per heavy atom. The zero-order valence-electron chi connectivity index (χ0n) is 12.3. The lowest BCUT2D eigenvalue weighted by molar-refractivity contribution is 0.567. The van der Waals surface area contributed by atoms with E-state index < -0.39 is 9.84 Å². The van der Waals surface area contributed by atoms with E-state index in [2.05, 4.69) is 24.4 Å². The van der Waals surface area contributed by atoms with Gasteiger partial charge in [-0.05, 0) is 51.3 Å². The van der Waals surface area contributed by atoms with E-state index in [1.807, 2.05) is 19.2 Å². The van der Waals surface area contributed by atoms with Gasteiger partial charge in [-0.2, -0.15) is 0 Å². The predicted molar refractivity (Wildman–Crippen MR) is 81.4 cm³/mol. The molecule has 0 saturated carbocycles. The van der Waals surface area contributed by atoms with Crippen molar-refractivity contribution >= 4 is 9.84 Å². The highest BCUT2D eigenvalue weighted by Gasteiger charge is 2.20. The molecule has 0 amide bonds. The second kappa shape index (κ2) is 7.06. The van der Waals surface area contributed by atoms with Crippen molar-refractivity contribution in [2.24, 2.45) is 0 Å². The highest BCUT2D eigenvalue weighted by atomic mass is 32.2. The van der Waals surface area contributed by atoms with Gasteiger partial charge in [0.05, 0.1) is 11.0 Å².